The maximum atomic E-state index is 6.02. The zero-order chi connectivity index (χ0) is 17.5. The van der Waals surface area contributed by atoms with Crippen molar-refractivity contribution in [2.24, 2.45) is 4.99 Å². The topological polar surface area (TPSA) is 49.3 Å². The minimum Gasteiger partial charge on any atom is -0.356 e. The summed E-state index contributed by atoms with van der Waals surface area (Å²) in [5.41, 5.74) is 3.37. The van der Waals surface area contributed by atoms with Gasteiger partial charge in [-0.05, 0) is 35.7 Å². The highest BCUT2D eigenvalue weighted by Gasteiger charge is 2.03. The second-order valence-corrected chi connectivity index (χ2v) is 6.16. The Kier molecular flexibility index (Phi) is 8.12. The molecular formula is C20H22ClIN4. The molecule has 0 radical (unpaired) electrons. The van der Waals surface area contributed by atoms with Gasteiger partial charge in [0, 0.05) is 36.7 Å². The number of rotatable bonds is 5. The van der Waals surface area contributed by atoms with E-state index in [0.29, 0.717) is 6.54 Å². The van der Waals surface area contributed by atoms with Gasteiger partial charge in [-0.25, -0.2) is 0 Å². The quantitative estimate of drug-likeness (QED) is 0.323. The summed E-state index contributed by atoms with van der Waals surface area (Å²) in [6, 6.07) is 18.2. The minimum absolute atomic E-state index is 0. The molecule has 0 aliphatic rings. The van der Waals surface area contributed by atoms with Gasteiger partial charge in [0.15, 0.2) is 5.96 Å². The molecule has 3 aromatic rings. The van der Waals surface area contributed by atoms with Gasteiger partial charge in [0.1, 0.15) is 0 Å². The number of aromatic nitrogens is 1. The van der Waals surface area contributed by atoms with E-state index in [9.17, 15) is 0 Å². The van der Waals surface area contributed by atoms with Gasteiger partial charge in [-0.2, -0.15) is 0 Å². The Bertz CT molecular complexity index is 877. The molecule has 0 aliphatic heterocycles. The van der Waals surface area contributed by atoms with Crippen molar-refractivity contribution in [3.8, 4) is 0 Å². The number of pyridine rings is 1. The fraction of sp³-hybridized carbons (Fsp3) is 0.200. The zero-order valence-corrected chi connectivity index (χ0v) is 17.7. The summed E-state index contributed by atoms with van der Waals surface area (Å²) < 4.78 is 0. The Morgan fingerprint density at radius 1 is 1.08 bits per heavy atom. The number of guanidine groups is 1. The summed E-state index contributed by atoms with van der Waals surface area (Å²) in [6.07, 6.45) is 2.71. The third-order valence-corrected chi connectivity index (χ3v) is 4.22. The SMILES string of the molecule is CN=C(NCCc1cccc(Cl)c1)NCc1cccc2cccnc12.I. The smallest absolute Gasteiger partial charge is 0.191 e. The molecule has 1 heterocycles. The predicted molar refractivity (Wildman–Crippen MR) is 121 cm³/mol. The number of nitrogens with zero attached hydrogens (tertiary/aromatic N) is 2. The highest BCUT2D eigenvalue weighted by Crippen LogP contribution is 2.15. The maximum Gasteiger partial charge on any atom is 0.191 e. The van der Waals surface area contributed by atoms with Crippen LogP contribution in [0.2, 0.25) is 5.02 Å². The number of hydrogen-bond acceptors (Lipinski definition) is 2. The first-order chi connectivity index (χ1) is 12.3. The van der Waals surface area contributed by atoms with Crippen molar-refractivity contribution in [1.29, 1.82) is 0 Å². The van der Waals surface area contributed by atoms with E-state index in [2.05, 4.69) is 50.9 Å². The molecule has 0 fully saturated rings. The molecule has 2 N–H and O–H groups in total. The summed E-state index contributed by atoms with van der Waals surface area (Å²) in [6.45, 7) is 1.46. The number of halogens is 2. The van der Waals surface area contributed by atoms with Crippen LogP contribution in [0.1, 0.15) is 11.1 Å². The fourth-order valence-electron chi connectivity index (χ4n) is 2.73. The Balaban J connectivity index is 0.00000243. The first-order valence-electron chi connectivity index (χ1n) is 8.28. The van der Waals surface area contributed by atoms with Crippen molar-refractivity contribution in [1.82, 2.24) is 15.6 Å². The first kappa shape index (κ1) is 20.5. The molecule has 0 saturated carbocycles. The minimum atomic E-state index is 0. The van der Waals surface area contributed by atoms with Crippen LogP contribution in [0.25, 0.3) is 10.9 Å². The number of benzene rings is 2. The van der Waals surface area contributed by atoms with Gasteiger partial charge in [0.05, 0.1) is 5.52 Å². The van der Waals surface area contributed by atoms with Gasteiger partial charge in [-0.15, -0.1) is 24.0 Å². The van der Waals surface area contributed by atoms with E-state index in [1.165, 1.54) is 5.56 Å². The van der Waals surface area contributed by atoms with E-state index in [-0.39, 0.29) is 24.0 Å². The van der Waals surface area contributed by atoms with Crippen molar-refractivity contribution in [3.63, 3.8) is 0 Å². The van der Waals surface area contributed by atoms with Crippen LogP contribution in [0, 0.1) is 0 Å². The van der Waals surface area contributed by atoms with E-state index >= 15 is 0 Å². The van der Waals surface area contributed by atoms with Gasteiger partial charge < -0.3 is 10.6 Å². The maximum absolute atomic E-state index is 6.02. The zero-order valence-electron chi connectivity index (χ0n) is 14.6. The fourth-order valence-corrected chi connectivity index (χ4v) is 2.94. The number of hydrogen-bond donors (Lipinski definition) is 2. The largest absolute Gasteiger partial charge is 0.356 e. The molecule has 0 unspecified atom stereocenters. The second-order valence-electron chi connectivity index (χ2n) is 5.72. The molecule has 0 amide bonds. The van der Waals surface area contributed by atoms with E-state index < -0.39 is 0 Å². The second kappa shape index (κ2) is 10.3. The molecule has 2 aromatic carbocycles. The van der Waals surface area contributed by atoms with Crippen LogP contribution in [-0.2, 0) is 13.0 Å². The van der Waals surface area contributed by atoms with Crippen molar-refractivity contribution in [3.05, 3.63) is 76.9 Å². The lowest BCUT2D eigenvalue weighted by Gasteiger charge is -2.13. The van der Waals surface area contributed by atoms with Crippen LogP contribution in [0.5, 0.6) is 0 Å². The highest BCUT2D eigenvalue weighted by molar-refractivity contribution is 14.0. The van der Waals surface area contributed by atoms with Crippen molar-refractivity contribution < 1.29 is 0 Å². The standard InChI is InChI=1S/C20H21ClN4.HI/c1-22-20(24-12-10-15-5-2-9-18(21)13-15)25-14-17-7-3-6-16-8-4-11-23-19(16)17;/h2-9,11,13H,10,12,14H2,1H3,(H2,22,24,25);1H. The summed E-state index contributed by atoms with van der Waals surface area (Å²) in [7, 11) is 1.77. The van der Waals surface area contributed by atoms with Gasteiger partial charge >= 0.3 is 0 Å². The van der Waals surface area contributed by atoms with Gasteiger partial charge in [0.2, 0.25) is 0 Å². The van der Waals surface area contributed by atoms with Gasteiger partial charge in [-0.3, -0.25) is 9.98 Å². The number of fused-ring (bicyclic) bond motifs is 1. The van der Waals surface area contributed by atoms with Crippen LogP contribution < -0.4 is 10.6 Å². The molecule has 26 heavy (non-hydrogen) atoms. The molecule has 0 saturated heterocycles. The normalized spacial score (nSPS) is 11.1. The van der Waals surface area contributed by atoms with E-state index in [0.717, 1.165) is 40.4 Å². The molecule has 1 aromatic heterocycles. The van der Waals surface area contributed by atoms with Crippen LogP contribution in [0.15, 0.2) is 65.8 Å². The van der Waals surface area contributed by atoms with E-state index in [1.807, 2.05) is 30.5 Å². The number of para-hydroxylation sites is 1. The molecule has 6 heteroatoms. The first-order valence-corrected chi connectivity index (χ1v) is 8.65. The molecule has 0 spiro atoms. The number of nitrogens with one attached hydrogen (secondary N) is 2. The Morgan fingerprint density at radius 3 is 2.69 bits per heavy atom. The van der Waals surface area contributed by atoms with Crippen molar-refractivity contribution in [2.75, 3.05) is 13.6 Å². The Morgan fingerprint density at radius 2 is 1.88 bits per heavy atom. The lowest BCUT2D eigenvalue weighted by molar-refractivity contribution is 0.796. The summed E-state index contributed by atoms with van der Waals surface area (Å²) in [5.74, 6) is 0.773. The lowest BCUT2D eigenvalue weighted by atomic mass is 10.1. The number of aliphatic imine (C=N–C) groups is 1. The molecule has 3 rings (SSSR count). The average molecular weight is 481 g/mol. The van der Waals surface area contributed by atoms with Crippen LogP contribution in [-0.4, -0.2) is 24.5 Å². The summed E-state index contributed by atoms with van der Waals surface area (Å²) >= 11 is 6.02. The van der Waals surface area contributed by atoms with Crippen molar-refractivity contribution in [2.45, 2.75) is 13.0 Å². The predicted octanol–water partition coefficient (Wildman–Crippen LogP) is 4.41. The lowest BCUT2D eigenvalue weighted by Crippen LogP contribution is -2.37. The molecule has 0 aliphatic carbocycles. The van der Waals surface area contributed by atoms with Crippen molar-refractivity contribution >= 4 is 52.4 Å². The molecule has 0 bridgehead atoms. The monoisotopic (exact) mass is 480 g/mol. The van der Waals surface area contributed by atoms with Crippen LogP contribution >= 0.6 is 35.6 Å². The van der Waals surface area contributed by atoms with Crippen LogP contribution in [0.3, 0.4) is 0 Å². The van der Waals surface area contributed by atoms with E-state index in [1.54, 1.807) is 7.05 Å². The Hall–Kier alpha value is -1.86. The highest BCUT2D eigenvalue weighted by atomic mass is 127. The Labute approximate surface area is 176 Å². The van der Waals surface area contributed by atoms with Gasteiger partial charge in [-0.1, -0.05) is 48.0 Å². The molecule has 4 nitrogen and oxygen atoms in total. The third-order valence-electron chi connectivity index (χ3n) is 3.98. The molecule has 0 atom stereocenters. The summed E-state index contributed by atoms with van der Waals surface area (Å²) in [4.78, 5) is 8.76. The van der Waals surface area contributed by atoms with E-state index in [4.69, 9.17) is 11.6 Å². The molecule has 136 valence electrons. The average Bonchev–Trinajstić information content (AvgIpc) is 2.64. The summed E-state index contributed by atoms with van der Waals surface area (Å²) in [5, 5.41) is 8.59. The van der Waals surface area contributed by atoms with Crippen LogP contribution in [0.4, 0.5) is 0 Å². The third kappa shape index (κ3) is 5.57. The molecular weight excluding hydrogens is 459 g/mol. The van der Waals surface area contributed by atoms with Gasteiger partial charge in [0.25, 0.3) is 0 Å².